The van der Waals surface area contributed by atoms with E-state index in [4.69, 9.17) is 44.7 Å². The van der Waals surface area contributed by atoms with Gasteiger partial charge in [-0.2, -0.15) is 0 Å². The molecule has 0 aromatic carbocycles. The second kappa shape index (κ2) is 7.67. The lowest BCUT2D eigenvalue weighted by Gasteiger charge is -1.93. The molecule has 14 heavy (non-hydrogen) atoms. The van der Waals surface area contributed by atoms with Gasteiger partial charge in [0.05, 0.1) is 5.02 Å². The van der Waals surface area contributed by atoms with Crippen molar-refractivity contribution in [1.29, 1.82) is 0 Å². The summed E-state index contributed by atoms with van der Waals surface area (Å²) < 4.78 is 0. The fourth-order valence-corrected chi connectivity index (χ4v) is 0.968. The molecular formula is C7H8Cl3NO3. The zero-order valence-corrected chi connectivity index (χ0v) is 8.32. The molecule has 0 aliphatic rings. The van der Waals surface area contributed by atoms with Gasteiger partial charge in [0.25, 0.3) is 12.0 Å². The molecule has 1 heterocycles. The summed E-state index contributed by atoms with van der Waals surface area (Å²) in [4.78, 5) is 21.3. The van der Waals surface area contributed by atoms with Gasteiger partial charge in [-0.25, -0.2) is 0 Å². The van der Waals surface area contributed by atoms with Crippen molar-refractivity contribution in [3.8, 4) is 0 Å². The van der Waals surface area contributed by atoms with Gasteiger partial charge in [0.15, 0.2) is 0 Å². The first kappa shape index (κ1) is 15.7. The van der Waals surface area contributed by atoms with E-state index in [1.807, 2.05) is 0 Å². The summed E-state index contributed by atoms with van der Waals surface area (Å²) in [5.74, 6) is 0. The van der Waals surface area contributed by atoms with Gasteiger partial charge >= 0.3 is 0 Å². The summed E-state index contributed by atoms with van der Waals surface area (Å²) in [6.07, 6.45) is 0. The van der Waals surface area contributed by atoms with Crippen LogP contribution in [0.2, 0.25) is 15.2 Å². The lowest BCUT2D eigenvalue weighted by Crippen LogP contribution is -2.05. The van der Waals surface area contributed by atoms with E-state index >= 15 is 0 Å². The van der Waals surface area contributed by atoms with Crippen LogP contribution in [0.5, 0.6) is 0 Å². The molecule has 0 spiro atoms. The van der Waals surface area contributed by atoms with Gasteiger partial charge < -0.3 is 10.1 Å². The number of hydrogen-bond acceptors (Lipinski definition) is 2. The molecule has 1 aromatic rings. The molecule has 0 fully saturated rings. The van der Waals surface area contributed by atoms with Crippen molar-refractivity contribution in [2.24, 2.45) is 0 Å². The largest absolute Gasteiger partial charge is 0.483 e. The fraction of sp³-hybridized carbons (Fsp3) is 0.143. The highest BCUT2D eigenvalue weighted by Gasteiger charge is 2.01. The van der Waals surface area contributed by atoms with Gasteiger partial charge in [-0.1, -0.05) is 42.2 Å². The van der Waals surface area contributed by atoms with Gasteiger partial charge in [-0.05, 0) is 6.07 Å². The Kier molecular flexibility index (Phi) is 8.63. The minimum atomic E-state index is -0.434. The van der Waals surface area contributed by atoms with E-state index in [0.29, 0.717) is 0 Å². The average Bonchev–Trinajstić information content (AvgIpc) is 2.03. The van der Waals surface area contributed by atoms with Crippen molar-refractivity contribution in [2.75, 3.05) is 0 Å². The Hall–Kier alpha value is -0.710. The second-order valence-corrected chi connectivity index (χ2v) is 2.91. The van der Waals surface area contributed by atoms with E-state index in [1.54, 1.807) is 0 Å². The minimum absolute atomic E-state index is 0. The summed E-state index contributed by atoms with van der Waals surface area (Å²) in [7, 11) is 0. The highest BCUT2D eigenvalue weighted by atomic mass is 35.5. The summed E-state index contributed by atoms with van der Waals surface area (Å²) in [5, 5.41) is 7.27. The van der Waals surface area contributed by atoms with Crippen molar-refractivity contribution < 1.29 is 9.90 Å². The number of nitrogens with one attached hydrogen (secondary N) is 1. The van der Waals surface area contributed by atoms with E-state index < -0.39 is 5.56 Å². The van der Waals surface area contributed by atoms with Crippen LogP contribution in [-0.2, 0) is 4.79 Å². The molecule has 0 aliphatic carbocycles. The SMILES string of the molecule is C.O=CO.O=c1[nH]c(Cl)c(Cl)cc1Cl. The molecule has 80 valence electrons. The Balaban J connectivity index is 0. The smallest absolute Gasteiger partial charge is 0.290 e. The number of carboxylic acid groups (broad SMARTS) is 1. The lowest BCUT2D eigenvalue weighted by atomic mass is 10.5. The predicted octanol–water partition coefficient (Wildman–Crippen LogP) is 2.67. The standard InChI is InChI=1S/C5H2Cl3NO.CH2O2.CH4/c6-2-1-3(7)5(10)9-4(2)8;2-1-3;/h1H,(H,9,10);1H,(H,2,3);1H4. The molecule has 0 saturated heterocycles. The van der Waals surface area contributed by atoms with Gasteiger partial charge in [-0.15, -0.1) is 0 Å². The zero-order chi connectivity index (χ0) is 10.4. The van der Waals surface area contributed by atoms with Crippen molar-refractivity contribution in [3.63, 3.8) is 0 Å². The number of pyridine rings is 1. The predicted molar refractivity (Wildman–Crippen MR) is 57.5 cm³/mol. The number of carbonyl (C=O) groups is 1. The molecule has 4 nitrogen and oxygen atoms in total. The first-order chi connectivity index (χ1) is 6.02. The van der Waals surface area contributed by atoms with Crippen molar-refractivity contribution >= 4 is 41.3 Å². The number of H-pyrrole nitrogens is 1. The van der Waals surface area contributed by atoms with Crippen LogP contribution in [-0.4, -0.2) is 16.6 Å². The van der Waals surface area contributed by atoms with E-state index in [1.165, 1.54) is 6.07 Å². The van der Waals surface area contributed by atoms with Crippen LogP contribution in [0, 0.1) is 0 Å². The number of aromatic nitrogens is 1. The van der Waals surface area contributed by atoms with Crippen LogP contribution in [0.25, 0.3) is 0 Å². The number of hydrogen-bond donors (Lipinski definition) is 2. The highest BCUT2D eigenvalue weighted by Crippen LogP contribution is 2.19. The van der Waals surface area contributed by atoms with Crippen molar-refractivity contribution in [3.05, 3.63) is 31.6 Å². The Morgan fingerprint density at radius 2 is 1.71 bits per heavy atom. The van der Waals surface area contributed by atoms with Crippen molar-refractivity contribution in [2.45, 2.75) is 7.43 Å². The van der Waals surface area contributed by atoms with Crippen molar-refractivity contribution in [1.82, 2.24) is 4.98 Å². The maximum Gasteiger partial charge on any atom is 0.290 e. The maximum absolute atomic E-state index is 10.7. The molecule has 0 atom stereocenters. The third kappa shape index (κ3) is 5.11. The maximum atomic E-state index is 10.7. The first-order valence-corrected chi connectivity index (χ1v) is 3.98. The fourth-order valence-electron chi connectivity index (χ4n) is 0.459. The third-order valence-corrected chi connectivity index (χ3v) is 1.88. The van der Waals surface area contributed by atoms with E-state index in [-0.39, 0.29) is 29.1 Å². The second-order valence-electron chi connectivity index (χ2n) is 1.71. The lowest BCUT2D eigenvalue weighted by molar-refractivity contribution is -0.122. The zero-order valence-electron chi connectivity index (χ0n) is 6.05. The summed E-state index contributed by atoms with van der Waals surface area (Å²) in [6, 6.07) is 1.30. The molecule has 7 heteroatoms. The highest BCUT2D eigenvalue weighted by molar-refractivity contribution is 6.42. The topological polar surface area (TPSA) is 70.2 Å². The molecule has 0 radical (unpaired) electrons. The summed E-state index contributed by atoms with van der Waals surface area (Å²) in [5.41, 5.74) is -0.434. The summed E-state index contributed by atoms with van der Waals surface area (Å²) >= 11 is 16.3. The van der Waals surface area contributed by atoms with Crippen LogP contribution >= 0.6 is 34.8 Å². The Morgan fingerprint density at radius 3 is 2.07 bits per heavy atom. The normalized spacial score (nSPS) is 7.93. The van der Waals surface area contributed by atoms with E-state index in [0.717, 1.165) is 0 Å². The average molecular weight is 261 g/mol. The Labute approximate surface area is 95.4 Å². The molecule has 1 rings (SSSR count). The van der Waals surface area contributed by atoms with E-state index in [9.17, 15) is 4.79 Å². The molecule has 0 bridgehead atoms. The number of aromatic amines is 1. The number of rotatable bonds is 0. The van der Waals surface area contributed by atoms with Crippen LogP contribution in [0.1, 0.15) is 7.43 Å². The molecule has 0 aliphatic heterocycles. The van der Waals surface area contributed by atoms with Crippen LogP contribution in [0.3, 0.4) is 0 Å². The van der Waals surface area contributed by atoms with Crippen LogP contribution in [0.4, 0.5) is 0 Å². The summed E-state index contributed by atoms with van der Waals surface area (Å²) in [6.45, 7) is -0.250. The van der Waals surface area contributed by atoms with Gasteiger partial charge in [0, 0.05) is 0 Å². The van der Waals surface area contributed by atoms with Gasteiger partial charge in [-0.3, -0.25) is 9.59 Å². The van der Waals surface area contributed by atoms with Gasteiger partial charge in [0.1, 0.15) is 10.2 Å². The molecular weight excluding hydrogens is 252 g/mol. The number of halogens is 3. The Bertz CT molecular complexity index is 351. The van der Waals surface area contributed by atoms with E-state index in [2.05, 4.69) is 4.98 Å². The monoisotopic (exact) mass is 259 g/mol. The first-order valence-electron chi connectivity index (χ1n) is 2.84. The quantitative estimate of drug-likeness (QED) is 0.556. The van der Waals surface area contributed by atoms with Gasteiger partial charge in [0.2, 0.25) is 0 Å². The molecule has 0 saturated carbocycles. The molecule has 0 unspecified atom stereocenters. The Morgan fingerprint density at radius 1 is 1.29 bits per heavy atom. The molecule has 1 aromatic heterocycles. The van der Waals surface area contributed by atoms with Crippen LogP contribution in [0.15, 0.2) is 10.9 Å². The third-order valence-electron chi connectivity index (χ3n) is 0.903. The minimum Gasteiger partial charge on any atom is -0.483 e. The van der Waals surface area contributed by atoms with Crippen LogP contribution < -0.4 is 5.56 Å². The molecule has 0 amide bonds. The molecule has 2 N–H and O–H groups in total.